The molecule has 0 amide bonds. The van der Waals surface area contributed by atoms with E-state index in [1.54, 1.807) is 0 Å². The molecule has 1 aromatic carbocycles. The Labute approximate surface area is 105 Å². The average molecular weight is 306 g/mol. The third-order valence-corrected chi connectivity index (χ3v) is 2.66. The van der Waals surface area contributed by atoms with Crippen molar-refractivity contribution < 1.29 is 18.7 Å². The van der Waals surface area contributed by atoms with Crippen molar-refractivity contribution in [3.63, 3.8) is 0 Å². The Kier molecular flexibility index (Phi) is 4.62. The fraction of sp³-hybridized carbons (Fsp3) is 0.182. The predicted molar refractivity (Wildman–Crippen MR) is 63.9 cm³/mol. The van der Waals surface area contributed by atoms with Gasteiger partial charge in [0.05, 0.1) is 10.2 Å². The van der Waals surface area contributed by atoms with Gasteiger partial charge in [-0.3, -0.25) is 0 Å². The summed E-state index contributed by atoms with van der Waals surface area (Å²) in [5.41, 5.74) is 0.256. The number of carboxylic acid groups (broad SMARTS) is 1. The van der Waals surface area contributed by atoms with Crippen LogP contribution in [0.25, 0.3) is 0 Å². The minimum absolute atomic E-state index is 0.104. The molecule has 0 aliphatic rings. The van der Waals surface area contributed by atoms with Crippen LogP contribution >= 0.6 is 15.9 Å². The van der Waals surface area contributed by atoms with Gasteiger partial charge in [-0.1, -0.05) is 6.08 Å². The summed E-state index contributed by atoms with van der Waals surface area (Å²) in [7, 11) is 0. The molecule has 1 aromatic rings. The first-order valence-electron chi connectivity index (χ1n) is 4.70. The van der Waals surface area contributed by atoms with E-state index in [9.17, 15) is 13.6 Å². The number of hydrogen-bond donors (Lipinski definition) is 2. The Hall–Kier alpha value is -1.43. The van der Waals surface area contributed by atoms with Crippen LogP contribution in [0.2, 0.25) is 0 Å². The van der Waals surface area contributed by atoms with E-state index >= 15 is 0 Å². The number of carboxylic acids is 1. The van der Waals surface area contributed by atoms with Gasteiger partial charge in [0.2, 0.25) is 0 Å². The van der Waals surface area contributed by atoms with E-state index in [1.807, 2.05) is 0 Å². The molecule has 0 aromatic heterocycles. The first kappa shape index (κ1) is 13.6. The first-order chi connectivity index (χ1) is 7.91. The lowest BCUT2D eigenvalue weighted by atomic mass is 10.2. The number of halogens is 3. The number of hydrogen-bond acceptors (Lipinski definition) is 2. The van der Waals surface area contributed by atoms with Gasteiger partial charge in [-0.05, 0) is 28.9 Å². The molecule has 0 saturated carbocycles. The molecule has 6 heteroatoms. The molecule has 0 bridgehead atoms. The van der Waals surface area contributed by atoms with Crippen molar-refractivity contribution in [1.29, 1.82) is 0 Å². The average Bonchev–Trinajstić information content (AvgIpc) is 2.25. The molecule has 0 radical (unpaired) electrons. The molecule has 0 fully saturated rings. The molecule has 17 heavy (non-hydrogen) atoms. The molecule has 2 N–H and O–H groups in total. The van der Waals surface area contributed by atoms with Gasteiger partial charge in [0.15, 0.2) is 0 Å². The van der Waals surface area contributed by atoms with Crippen LogP contribution in [0.4, 0.5) is 14.5 Å². The second kappa shape index (κ2) is 5.77. The molecule has 0 atom stereocenters. The van der Waals surface area contributed by atoms with E-state index in [4.69, 9.17) is 5.11 Å². The molecule has 0 spiro atoms. The molecule has 92 valence electrons. The Balaban J connectivity index is 2.74. The lowest BCUT2D eigenvalue weighted by molar-refractivity contribution is -0.132. The number of nitrogens with one attached hydrogen (secondary N) is 1. The van der Waals surface area contributed by atoms with Crippen LogP contribution < -0.4 is 5.32 Å². The Morgan fingerprint density at radius 2 is 2.12 bits per heavy atom. The zero-order valence-electron chi connectivity index (χ0n) is 8.93. The van der Waals surface area contributed by atoms with E-state index in [1.165, 1.54) is 19.1 Å². The minimum atomic E-state index is -1.03. The molecule has 1 rings (SSSR count). The van der Waals surface area contributed by atoms with Gasteiger partial charge in [-0.15, -0.1) is 0 Å². The summed E-state index contributed by atoms with van der Waals surface area (Å²) in [6.45, 7) is 1.58. The molecule has 3 nitrogen and oxygen atoms in total. The van der Waals surface area contributed by atoms with Gasteiger partial charge in [0, 0.05) is 18.2 Å². The fourth-order valence-corrected chi connectivity index (χ4v) is 1.40. The van der Waals surface area contributed by atoms with Gasteiger partial charge in [0.1, 0.15) is 11.6 Å². The molecule has 0 saturated heterocycles. The zero-order valence-corrected chi connectivity index (χ0v) is 10.5. The van der Waals surface area contributed by atoms with Crippen molar-refractivity contribution in [2.45, 2.75) is 6.92 Å². The summed E-state index contributed by atoms with van der Waals surface area (Å²) in [6.07, 6.45) is 1.40. The molecular weight excluding hydrogens is 296 g/mol. The van der Waals surface area contributed by atoms with Gasteiger partial charge in [0.25, 0.3) is 0 Å². The number of rotatable bonds is 4. The summed E-state index contributed by atoms with van der Waals surface area (Å²) in [4.78, 5) is 10.5. The van der Waals surface area contributed by atoms with E-state index in [2.05, 4.69) is 21.2 Å². The largest absolute Gasteiger partial charge is 0.478 e. The van der Waals surface area contributed by atoms with Gasteiger partial charge in [-0.25, -0.2) is 13.6 Å². The second-order valence-electron chi connectivity index (χ2n) is 3.32. The number of anilines is 1. The zero-order chi connectivity index (χ0) is 13.0. The van der Waals surface area contributed by atoms with E-state index in [0.29, 0.717) is 0 Å². The molecule has 0 aliphatic heterocycles. The predicted octanol–water partition coefficient (Wildman–Crippen LogP) is 3.17. The van der Waals surface area contributed by atoms with E-state index < -0.39 is 17.6 Å². The highest BCUT2D eigenvalue weighted by molar-refractivity contribution is 9.10. The van der Waals surface area contributed by atoms with Crippen LogP contribution in [0.15, 0.2) is 28.3 Å². The Bertz CT molecular complexity index is 475. The summed E-state index contributed by atoms with van der Waals surface area (Å²) in [5, 5.41) is 11.2. The third kappa shape index (κ3) is 3.81. The smallest absolute Gasteiger partial charge is 0.331 e. The summed E-state index contributed by atoms with van der Waals surface area (Å²) in [5.74, 6) is -2.45. The highest BCUT2D eigenvalue weighted by Crippen LogP contribution is 2.23. The molecule has 0 unspecified atom stereocenters. The first-order valence-corrected chi connectivity index (χ1v) is 5.49. The van der Waals surface area contributed by atoms with E-state index in [-0.39, 0.29) is 22.3 Å². The lowest BCUT2D eigenvalue weighted by Crippen LogP contribution is -2.04. The Morgan fingerprint density at radius 1 is 1.47 bits per heavy atom. The molecular formula is C11H10BrF2NO2. The molecule has 0 aliphatic carbocycles. The van der Waals surface area contributed by atoms with Gasteiger partial charge >= 0.3 is 5.97 Å². The maximum absolute atomic E-state index is 13.3. The van der Waals surface area contributed by atoms with Crippen LogP contribution in [0.5, 0.6) is 0 Å². The van der Waals surface area contributed by atoms with Gasteiger partial charge < -0.3 is 10.4 Å². The topological polar surface area (TPSA) is 49.3 Å². The molecule has 0 heterocycles. The van der Waals surface area contributed by atoms with Crippen molar-refractivity contribution in [1.82, 2.24) is 0 Å². The standard InChI is InChI=1S/C11H10BrF2NO2/c1-6(11(16)17)2-3-15-10-4-7(12)8(13)5-9(10)14/h2,4-5,15H,3H2,1H3,(H,16,17)/b6-2-. The summed E-state index contributed by atoms with van der Waals surface area (Å²) in [6, 6.07) is 2.01. The van der Waals surface area contributed by atoms with Crippen LogP contribution in [0, 0.1) is 11.6 Å². The van der Waals surface area contributed by atoms with Crippen molar-refractivity contribution in [3.8, 4) is 0 Å². The van der Waals surface area contributed by atoms with Crippen LogP contribution in [0.3, 0.4) is 0 Å². The number of benzene rings is 1. The normalized spacial score (nSPS) is 11.4. The second-order valence-corrected chi connectivity index (χ2v) is 4.17. The van der Waals surface area contributed by atoms with Crippen molar-refractivity contribution in [3.05, 3.63) is 39.9 Å². The van der Waals surface area contributed by atoms with E-state index in [0.717, 1.165) is 6.07 Å². The lowest BCUT2D eigenvalue weighted by Gasteiger charge is -2.06. The fourth-order valence-electron chi connectivity index (χ4n) is 1.06. The summed E-state index contributed by atoms with van der Waals surface area (Å²) >= 11 is 2.93. The quantitative estimate of drug-likeness (QED) is 0.663. The van der Waals surface area contributed by atoms with Gasteiger partial charge in [-0.2, -0.15) is 0 Å². The van der Waals surface area contributed by atoms with Crippen molar-refractivity contribution >= 4 is 27.6 Å². The Morgan fingerprint density at radius 3 is 2.71 bits per heavy atom. The SMILES string of the molecule is C/C(=C/CNc1cc(Br)c(F)cc1F)C(=O)O. The minimum Gasteiger partial charge on any atom is -0.478 e. The number of aliphatic carboxylic acids is 1. The monoisotopic (exact) mass is 305 g/mol. The van der Waals surface area contributed by atoms with Crippen LogP contribution in [-0.2, 0) is 4.79 Å². The summed E-state index contributed by atoms with van der Waals surface area (Å²) < 4.78 is 26.3. The maximum atomic E-state index is 13.3. The van der Waals surface area contributed by atoms with Crippen molar-refractivity contribution in [2.24, 2.45) is 0 Å². The maximum Gasteiger partial charge on any atom is 0.331 e. The van der Waals surface area contributed by atoms with Crippen LogP contribution in [-0.4, -0.2) is 17.6 Å². The number of carbonyl (C=O) groups is 1. The van der Waals surface area contributed by atoms with Crippen LogP contribution in [0.1, 0.15) is 6.92 Å². The third-order valence-electron chi connectivity index (χ3n) is 2.05. The highest BCUT2D eigenvalue weighted by atomic mass is 79.9. The highest BCUT2D eigenvalue weighted by Gasteiger charge is 2.07. The van der Waals surface area contributed by atoms with Crippen molar-refractivity contribution in [2.75, 3.05) is 11.9 Å².